The molecule has 2 fully saturated rings. The molecule has 0 amide bonds. The van der Waals surface area contributed by atoms with Crippen LogP contribution < -0.4 is 0 Å². The molecule has 1 saturated carbocycles. The average Bonchev–Trinajstić information content (AvgIpc) is 3.12. The van der Waals surface area contributed by atoms with E-state index in [9.17, 15) is 13.2 Å². The summed E-state index contributed by atoms with van der Waals surface area (Å²) in [6, 6.07) is 5.65. The molecule has 2 heterocycles. The third-order valence-electron chi connectivity index (χ3n) is 4.73. The minimum Gasteiger partial charge on any atom is -0.424 e. The molecular formula is C17H18F3N3O. The van der Waals surface area contributed by atoms with Crippen molar-refractivity contribution in [3.8, 4) is 0 Å². The maximum absolute atomic E-state index is 12.9. The van der Waals surface area contributed by atoms with Crippen molar-refractivity contribution in [1.82, 2.24) is 15.1 Å². The van der Waals surface area contributed by atoms with Crippen LogP contribution >= 0.6 is 0 Å². The first-order valence-electron chi connectivity index (χ1n) is 8.21. The summed E-state index contributed by atoms with van der Waals surface area (Å²) in [5, 5.41) is 8.15. The van der Waals surface area contributed by atoms with Crippen molar-refractivity contribution in [3.05, 3.63) is 47.2 Å². The van der Waals surface area contributed by atoms with Crippen LogP contribution in [-0.4, -0.2) is 28.2 Å². The summed E-state index contributed by atoms with van der Waals surface area (Å²) in [7, 11) is 0. The fourth-order valence-corrected chi connectivity index (χ4v) is 3.23. The van der Waals surface area contributed by atoms with Crippen LogP contribution in [-0.2, 0) is 12.7 Å². The van der Waals surface area contributed by atoms with E-state index in [0.717, 1.165) is 43.3 Å². The lowest BCUT2D eigenvalue weighted by Crippen LogP contribution is -2.20. The van der Waals surface area contributed by atoms with Crippen molar-refractivity contribution >= 4 is 0 Å². The van der Waals surface area contributed by atoms with Gasteiger partial charge in [-0.1, -0.05) is 18.2 Å². The normalized spacial score (nSPS) is 22.2. The van der Waals surface area contributed by atoms with Gasteiger partial charge in [0.2, 0.25) is 11.8 Å². The van der Waals surface area contributed by atoms with E-state index >= 15 is 0 Å². The van der Waals surface area contributed by atoms with Crippen LogP contribution in [0.1, 0.15) is 54.0 Å². The highest BCUT2D eigenvalue weighted by atomic mass is 19.4. The van der Waals surface area contributed by atoms with Crippen LogP contribution in [0.15, 0.2) is 28.7 Å². The Bertz CT molecular complexity index is 724. The summed E-state index contributed by atoms with van der Waals surface area (Å²) in [5.41, 5.74) is 0.168. The van der Waals surface area contributed by atoms with Gasteiger partial charge in [-0.3, -0.25) is 4.90 Å². The van der Waals surface area contributed by atoms with Crippen LogP contribution in [0, 0.1) is 0 Å². The van der Waals surface area contributed by atoms with Gasteiger partial charge in [0, 0.05) is 12.5 Å². The Hall–Kier alpha value is -1.89. The quantitative estimate of drug-likeness (QED) is 0.847. The molecule has 1 aromatic carbocycles. The molecule has 2 aliphatic rings. The van der Waals surface area contributed by atoms with Gasteiger partial charge in [-0.15, -0.1) is 10.2 Å². The molecule has 24 heavy (non-hydrogen) atoms. The van der Waals surface area contributed by atoms with E-state index in [1.54, 1.807) is 6.07 Å². The molecule has 0 N–H and O–H groups in total. The van der Waals surface area contributed by atoms with Crippen LogP contribution in [0.2, 0.25) is 0 Å². The van der Waals surface area contributed by atoms with Gasteiger partial charge in [0.15, 0.2) is 0 Å². The Labute approximate surface area is 137 Å². The lowest BCUT2D eigenvalue weighted by molar-refractivity contribution is -0.137. The highest BCUT2D eigenvalue weighted by Gasteiger charge is 2.33. The zero-order valence-electron chi connectivity index (χ0n) is 13.1. The minimum absolute atomic E-state index is 0.109. The first-order chi connectivity index (χ1) is 11.5. The Morgan fingerprint density at radius 3 is 2.71 bits per heavy atom. The maximum atomic E-state index is 12.9. The number of rotatable bonds is 4. The summed E-state index contributed by atoms with van der Waals surface area (Å²) in [4.78, 5) is 2.16. The Kier molecular flexibility index (Phi) is 3.83. The number of likely N-dealkylation sites (tertiary alicyclic amines) is 1. The number of aromatic nitrogens is 2. The second kappa shape index (κ2) is 5.88. The number of hydrogen-bond acceptors (Lipinski definition) is 4. The smallest absolute Gasteiger partial charge is 0.416 e. The highest BCUT2D eigenvalue weighted by Crippen LogP contribution is 2.39. The highest BCUT2D eigenvalue weighted by molar-refractivity contribution is 5.29. The number of halogens is 3. The van der Waals surface area contributed by atoms with E-state index < -0.39 is 11.7 Å². The van der Waals surface area contributed by atoms with Gasteiger partial charge in [-0.2, -0.15) is 13.2 Å². The van der Waals surface area contributed by atoms with Gasteiger partial charge in [-0.05, 0) is 43.4 Å². The van der Waals surface area contributed by atoms with E-state index in [0.29, 0.717) is 24.9 Å². The number of hydrogen-bond donors (Lipinski definition) is 0. The third-order valence-corrected chi connectivity index (χ3v) is 4.73. The predicted octanol–water partition coefficient (Wildman–Crippen LogP) is 3.96. The van der Waals surface area contributed by atoms with E-state index in [1.807, 2.05) is 0 Å². The van der Waals surface area contributed by atoms with Crippen LogP contribution in [0.5, 0.6) is 0 Å². The topological polar surface area (TPSA) is 42.2 Å². The summed E-state index contributed by atoms with van der Waals surface area (Å²) >= 11 is 0. The van der Waals surface area contributed by atoms with Crippen molar-refractivity contribution < 1.29 is 17.6 Å². The molecular weight excluding hydrogens is 319 g/mol. The molecule has 1 atom stereocenters. The molecule has 0 spiro atoms. The Morgan fingerprint density at radius 2 is 1.96 bits per heavy atom. The first-order valence-corrected chi connectivity index (χ1v) is 8.21. The van der Waals surface area contributed by atoms with Gasteiger partial charge in [-0.25, -0.2) is 0 Å². The van der Waals surface area contributed by atoms with Gasteiger partial charge >= 0.3 is 6.18 Å². The van der Waals surface area contributed by atoms with Crippen molar-refractivity contribution in [3.63, 3.8) is 0 Å². The molecule has 7 heteroatoms. The second-order valence-electron chi connectivity index (χ2n) is 6.65. The zero-order valence-corrected chi connectivity index (χ0v) is 13.1. The predicted molar refractivity (Wildman–Crippen MR) is 80.4 cm³/mol. The minimum atomic E-state index is -4.29. The summed E-state index contributed by atoms with van der Waals surface area (Å²) in [6.07, 6.45) is -1.23. The van der Waals surface area contributed by atoms with Gasteiger partial charge in [0.25, 0.3) is 0 Å². The number of nitrogens with zero attached hydrogens (tertiary/aromatic N) is 3. The fourth-order valence-electron chi connectivity index (χ4n) is 3.23. The molecule has 2 aromatic rings. The average molecular weight is 337 g/mol. The van der Waals surface area contributed by atoms with Crippen LogP contribution in [0.3, 0.4) is 0 Å². The summed E-state index contributed by atoms with van der Waals surface area (Å²) in [5.74, 6) is 1.86. The van der Waals surface area contributed by atoms with E-state index in [-0.39, 0.29) is 5.92 Å². The SMILES string of the molecule is FC(F)(F)c1cccc(C2CCN(Cc3nnc(C4CC4)o3)C2)c1. The lowest BCUT2D eigenvalue weighted by atomic mass is 9.96. The molecule has 128 valence electrons. The van der Waals surface area contributed by atoms with E-state index in [1.165, 1.54) is 12.1 Å². The van der Waals surface area contributed by atoms with Crippen molar-refractivity contribution in [2.45, 2.75) is 43.8 Å². The van der Waals surface area contributed by atoms with Gasteiger partial charge in [0.05, 0.1) is 12.1 Å². The molecule has 4 nitrogen and oxygen atoms in total. The van der Waals surface area contributed by atoms with Gasteiger partial charge < -0.3 is 4.42 Å². The lowest BCUT2D eigenvalue weighted by Gasteiger charge is -2.15. The molecule has 1 aliphatic carbocycles. The maximum Gasteiger partial charge on any atom is 0.416 e. The molecule has 1 aromatic heterocycles. The second-order valence-corrected chi connectivity index (χ2v) is 6.65. The zero-order chi connectivity index (χ0) is 16.7. The molecule has 0 bridgehead atoms. The van der Waals surface area contributed by atoms with Crippen molar-refractivity contribution in [1.29, 1.82) is 0 Å². The molecule has 1 aliphatic heterocycles. The molecule has 4 rings (SSSR count). The fraction of sp³-hybridized carbons (Fsp3) is 0.529. The van der Waals surface area contributed by atoms with E-state index in [4.69, 9.17) is 4.42 Å². The summed E-state index contributed by atoms with van der Waals surface area (Å²) in [6.45, 7) is 2.10. The monoisotopic (exact) mass is 337 g/mol. The largest absolute Gasteiger partial charge is 0.424 e. The number of alkyl halides is 3. The first kappa shape index (κ1) is 15.6. The van der Waals surface area contributed by atoms with Crippen molar-refractivity contribution in [2.24, 2.45) is 0 Å². The molecule has 1 saturated heterocycles. The Morgan fingerprint density at radius 1 is 1.12 bits per heavy atom. The standard InChI is InChI=1S/C17H18F3N3O/c18-17(19,20)14-3-1-2-12(8-14)13-6-7-23(9-13)10-15-21-22-16(24-15)11-4-5-11/h1-3,8,11,13H,4-7,9-10H2. The van der Waals surface area contributed by atoms with Crippen molar-refractivity contribution in [2.75, 3.05) is 13.1 Å². The van der Waals surface area contributed by atoms with Crippen LogP contribution in [0.25, 0.3) is 0 Å². The molecule has 1 unspecified atom stereocenters. The van der Waals surface area contributed by atoms with Crippen LogP contribution in [0.4, 0.5) is 13.2 Å². The van der Waals surface area contributed by atoms with Gasteiger partial charge in [0.1, 0.15) is 0 Å². The Balaban J connectivity index is 1.40. The molecule has 0 radical (unpaired) electrons. The van der Waals surface area contributed by atoms with E-state index in [2.05, 4.69) is 15.1 Å². The number of benzene rings is 1. The summed E-state index contributed by atoms with van der Waals surface area (Å²) < 4.78 is 44.2. The third kappa shape index (κ3) is 3.31.